The number of hydrogen-bond donors (Lipinski definition) is 3. The minimum Gasteiger partial charge on any atom is -0.508 e. The molecule has 4 nitrogen and oxygen atoms in total. The number of nitrogens with one attached hydrogen (secondary N) is 1. The molecule has 2 aromatic carbocycles. The van der Waals surface area contributed by atoms with Gasteiger partial charge in [0.25, 0.3) is 0 Å². The van der Waals surface area contributed by atoms with Crippen LogP contribution in [0.15, 0.2) is 54.6 Å². The Morgan fingerprint density at radius 1 is 1.05 bits per heavy atom. The maximum Gasteiger partial charge on any atom is 0.234 e. The Balaban J connectivity index is 2.34. The summed E-state index contributed by atoms with van der Waals surface area (Å²) < 4.78 is 0. The fourth-order valence-corrected chi connectivity index (χ4v) is 2.03. The number of carbonyl (C=O) groups excluding carboxylic acids is 1. The van der Waals surface area contributed by atoms with Crippen LogP contribution in [-0.4, -0.2) is 17.1 Å². The summed E-state index contributed by atoms with van der Waals surface area (Å²) in [7, 11) is 0. The largest absolute Gasteiger partial charge is 0.508 e. The van der Waals surface area contributed by atoms with Crippen molar-refractivity contribution in [2.24, 2.45) is 5.73 Å². The second kappa shape index (κ2) is 6.21. The summed E-state index contributed by atoms with van der Waals surface area (Å²) in [6, 6.07) is 16.1. The summed E-state index contributed by atoms with van der Waals surface area (Å²) in [4.78, 5) is 11.3. The van der Waals surface area contributed by atoms with E-state index >= 15 is 0 Å². The number of carbonyl (C=O) groups is 1. The van der Waals surface area contributed by atoms with Crippen molar-refractivity contribution >= 4 is 5.91 Å². The predicted molar refractivity (Wildman–Crippen MR) is 78.2 cm³/mol. The smallest absolute Gasteiger partial charge is 0.234 e. The van der Waals surface area contributed by atoms with E-state index in [1.54, 1.807) is 19.1 Å². The standard InChI is InChI=1S/C16H18N2O2/c1-11(16(17)20)18-15(12-5-3-2-4-6-12)13-7-9-14(19)10-8-13/h2-11,15,18-19H,1H3,(H2,17,20). The molecule has 0 fully saturated rings. The molecule has 4 N–H and O–H groups in total. The van der Waals surface area contributed by atoms with E-state index in [2.05, 4.69) is 5.32 Å². The quantitative estimate of drug-likeness (QED) is 0.777. The maximum absolute atomic E-state index is 11.3. The number of phenols is 1. The number of benzene rings is 2. The average molecular weight is 270 g/mol. The van der Waals surface area contributed by atoms with Crippen molar-refractivity contribution in [1.82, 2.24) is 5.32 Å². The molecule has 0 aromatic heterocycles. The molecule has 2 rings (SSSR count). The highest BCUT2D eigenvalue weighted by Gasteiger charge is 2.18. The molecule has 104 valence electrons. The summed E-state index contributed by atoms with van der Waals surface area (Å²) >= 11 is 0. The van der Waals surface area contributed by atoms with E-state index in [1.165, 1.54) is 0 Å². The Morgan fingerprint density at radius 3 is 2.15 bits per heavy atom. The van der Waals surface area contributed by atoms with Crippen LogP contribution in [0.25, 0.3) is 0 Å². The van der Waals surface area contributed by atoms with Gasteiger partial charge in [0, 0.05) is 0 Å². The van der Waals surface area contributed by atoms with E-state index < -0.39 is 11.9 Å². The average Bonchev–Trinajstić information content (AvgIpc) is 2.46. The fourth-order valence-electron chi connectivity index (χ4n) is 2.03. The third-order valence-corrected chi connectivity index (χ3v) is 3.20. The third-order valence-electron chi connectivity index (χ3n) is 3.20. The molecule has 0 heterocycles. The monoisotopic (exact) mass is 270 g/mol. The van der Waals surface area contributed by atoms with Crippen molar-refractivity contribution in [1.29, 1.82) is 0 Å². The molecule has 0 aliphatic rings. The maximum atomic E-state index is 11.3. The fraction of sp³-hybridized carbons (Fsp3) is 0.188. The molecule has 0 spiro atoms. The molecule has 0 saturated heterocycles. The number of hydrogen-bond acceptors (Lipinski definition) is 3. The number of aromatic hydroxyl groups is 1. The molecule has 0 aliphatic carbocycles. The summed E-state index contributed by atoms with van der Waals surface area (Å²) in [5, 5.41) is 12.6. The summed E-state index contributed by atoms with van der Waals surface area (Å²) in [6.45, 7) is 1.73. The van der Waals surface area contributed by atoms with Crippen LogP contribution < -0.4 is 11.1 Å². The number of rotatable bonds is 5. The van der Waals surface area contributed by atoms with Crippen molar-refractivity contribution < 1.29 is 9.90 Å². The second-order valence-electron chi connectivity index (χ2n) is 4.73. The van der Waals surface area contributed by atoms with Crippen LogP contribution in [0.4, 0.5) is 0 Å². The van der Waals surface area contributed by atoms with Crippen LogP contribution in [0.3, 0.4) is 0 Å². The van der Waals surface area contributed by atoms with Crippen molar-refractivity contribution in [2.45, 2.75) is 19.0 Å². The van der Waals surface area contributed by atoms with E-state index in [-0.39, 0.29) is 11.8 Å². The Morgan fingerprint density at radius 2 is 1.60 bits per heavy atom. The predicted octanol–water partition coefficient (Wildman–Crippen LogP) is 1.94. The van der Waals surface area contributed by atoms with E-state index in [9.17, 15) is 9.90 Å². The van der Waals surface area contributed by atoms with Gasteiger partial charge in [-0.2, -0.15) is 0 Å². The molecule has 0 saturated carbocycles. The van der Waals surface area contributed by atoms with Gasteiger partial charge < -0.3 is 10.8 Å². The summed E-state index contributed by atoms with van der Waals surface area (Å²) in [5.41, 5.74) is 7.32. The number of nitrogens with two attached hydrogens (primary N) is 1. The zero-order valence-corrected chi connectivity index (χ0v) is 11.3. The SMILES string of the molecule is CC(NC(c1ccccc1)c1ccc(O)cc1)C(N)=O. The first-order chi connectivity index (χ1) is 9.58. The molecule has 2 aromatic rings. The number of phenolic OH excluding ortho intramolecular Hbond substituents is 1. The second-order valence-corrected chi connectivity index (χ2v) is 4.73. The molecule has 2 unspecified atom stereocenters. The van der Waals surface area contributed by atoms with Crippen LogP contribution in [0, 0.1) is 0 Å². The van der Waals surface area contributed by atoms with Gasteiger partial charge in [0.15, 0.2) is 0 Å². The van der Waals surface area contributed by atoms with Crippen molar-refractivity contribution in [3.05, 3.63) is 65.7 Å². The lowest BCUT2D eigenvalue weighted by molar-refractivity contribution is -0.119. The first-order valence-corrected chi connectivity index (χ1v) is 6.47. The van der Waals surface area contributed by atoms with E-state index in [0.29, 0.717) is 0 Å². The zero-order chi connectivity index (χ0) is 14.5. The normalized spacial score (nSPS) is 13.7. The summed E-state index contributed by atoms with van der Waals surface area (Å²) in [6.07, 6.45) is 0. The van der Waals surface area contributed by atoms with Crippen molar-refractivity contribution in [3.63, 3.8) is 0 Å². The molecule has 20 heavy (non-hydrogen) atoms. The third kappa shape index (κ3) is 3.36. The van der Waals surface area contributed by atoms with Gasteiger partial charge in [0.2, 0.25) is 5.91 Å². The van der Waals surface area contributed by atoms with Crippen LogP contribution in [0.5, 0.6) is 5.75 Å². The van der Waals surface area contributed by atoms with Crippen LogP contribution >= 0.6 is 0 Å². The molecule has 0 radical (unpaired) electrons. The Kier molecular flexibility index (Phi) is 4.38. The first kappa shape index (κ1) is 14.1. The lowest BCUT2D eigenvalue weighted by Crippen LogP contribution is -2.41. The van der Waals surface area contributed by atoms with Gasteiger partial charge >= 0.3 is 0 Å². The Hall–Kier alpha value is -2.33. The number of amides is 1. The molecular weight excluding hydrogens is 252 g/mol. The van der Waals surface area contributed by atoms with E-state index in [4.69, 9.17) is 5.73 Å². The molecule has 4 heteroatoms. The highest BCUT2D eigenvalue weighted by Crippen LogP contribution is 2.24. The zero-order valence-electron chi connectivity index (χ0n) is 11.3. The van der Waals surface area contributed by atoms with E-state index in [1.807, 2.05) is 42.5 Å². The van der Waals surface area contributed by atoms with Gasteiger partial charge in [-0.25, -0.2) is 0 Å². The molecule has 0 aliphatic heterocycles. The van der Waals surface area contributed by atoms with Gasteiger partial charge in [0.05, 0.1) is 12.1 Å². The highest BCUT2D eigenvalue weighted by atomic mass is 16.3. The van der Waals surface area contributed by atoms with Gasteiger partial charge in [-0.05, 0) is 30.2 Å². The van der Waals surface area contributed by atoms with Gasteiger partial charge in [-0.15, -0.1) is 0 Å². The van der Waals surface area contributed by atoms with Crippen molar-refractivity contribution in [3.8, 4) is 5.75 Å². The molecule has 1 amide bonds. The minimum absolute atomic E-state index is 0.153. The summed E-state index contributed by atoms with van der Waals surface area (Å²) in [5.74, 6) is -0.187. The molecule has 0 bridgehead atoms. The number of primary amides is 1. The van der Waals surface area contributed by atoms with Crippen LogP contribution in [0.1, 0.15) is 24.1 Å². The Labute approximate surface area is 118 Å². The van der Waals surface area contributed by atoms with Gasteiger partial charge in [-0.3, -0.25) is 10.1 Å². The Bertz CT molecular complexity index is 567. The van der Waals surface area contributed by atoms with Crippen molar-refractivity contribution in [2.75, 3.05) is 0 Å². The van der Waals surface area contributed by atoms with Gasteiger partial charge in [0.1, 0.15) is 5.75 Å². The first-order valence-electron chi connectivity index (χ1n) is 6.47. The minimum atomic E-state index is -0.450. The topological polar surface area (TPSA) is 75.3 Å². The molecule has 2 atom stereocenters. The van der Waals surface area contributed by atoms with E-state index in [0.717, 1.165) is 11.1 Å². The van der Waals surface area contributed by atoms with Gasteiger partial charge in [-0.1, -0.05) is 42.5 Å². The van der Waals surface area contributed by atoms with Crippen LogP contribution in [0.2, 0.25) is 0 Å². The lowest BCUT2D eigenvalue weighted by atomic mass is 9.97. The highest BCUT2D eigenvalue weighted by molar-refractivity contribution is 5.79. The molecular formula is C16H18N2O2. The van der Waals surface area contributed by atoms with Crippen LogP contribution in [-0.2, 0) is 4.79 Å². The lowest BCUT2D eigenvalue weighted by Gasteiger charge is -2.22.